The molecule has 1 aliphatic carbocycles. The quantitative estimate of drug-likeness (QED) is 0.844. The second kappa shape index (κ2) is 5.65. The molecule has 1 aromatic rings. The summed E-state index contributed by atoms with van der Waals surface area (Å²) in [4.78, 5) is 4.05. The van der Waals surface area contributed by atoms with E-state index in [4.69, 9.17) is 15.0 Å². The molecule has 1 atom stereocenters. The van der Waals surface area contributed by atoms with Crippen LogP contribution in [0.2, 0.25) is 0 Å². The fourth-order valence-corrected chi connectivity index (χ4v) is 1.69. The molecule has 1 aliphatic rings. The van der Waals surface area contributed by atoms with E-state index in [2.05, 4.69) is 4.98 Å². The van der Waals surface area contributed by atoms with Gasteiger partial charge in [-0.1, -0.05) is 0 Å². The van der Waals surface area contributed by atoms with Crippen LogP contribution < -0.4 is 15.0 Å². The van der Waals surface area contributed by atoms with Crippen molar-refractivity contribution in [3.05, 3.63) is 12.3 Å². The van der Waals surface area contributed by atoms with Gasteiger partial charge in [-0.05, 0) is 26.2 Å². The second-order valence-electron chi connectivity index (χ2n) is 3.78. The van der Waals surface area contributed by atoms with E-state index in [1.807, 2.05) is 19.4 Å². The van der Waals surface area contributed by atoms with E-state index in [0.29, 0.717) is 17.7 Å². The molecule has 1 fully saturated rings. The summed E-state index contributed by atoms with van der Waals surface area (Å²) in [6, 6.07) is 1.82. The summed E-state index contributed by atoms with van der Waals surface area (Å²) in [6.07, 6.45) is 4.28. The molecule has 0 aromatic carbocycles. The monoisotopic (exact) mass is 260 g/mol. The van der Waals surface area contributed by atoms with E-state index in [9.17, 15) is 0 Å². The van der Waals surface area contributed by atoms with Crippen molar-refractivity contribution in [1.29, 1.82) is 0 Å². The first-order chi connectivity index (χ1) is 7.15. The average Bonchev–Trinajstić information content (AvgIpc) is 2.94. The number of hydrogen-bond acceptors (Lipinski definition) is 4. The van der Waals surface area contributed by atoms with Gasteiger partial charge in [0.15, 0.2) is 11.6 Å². The fraction of sp³-hybridized carbons (Fsp3) is 0.500. The highest BCUT2D eigenvalue weighted by Gasteiger charge is 2.24. The molecule has 16 heavy (non-hydrogen) atoms. The Hall–Kier alpha value is -0.590. The Balaban J connectivity index is 0.00000128. The topological polar surface area (TPSA) is 57.4 Å². The highest BCUT2D eigenvalue weighted by atomic mass is 31.1. The van der Waals surface area contributed by atoms with Gasteiger partial charge < -0.3 is 15.0 Å². The molecular formula is C10H18N2O2P2. The molecule has 90 valence electrons. The van der Waals surface area contributed by atoms with Crippen LogP contribution in [0.5, 0.6) is 11.5 Å². The summed E-state index contributed by atoms with van der Waals surface area (Å²) >= 11 is 0. The number of ether oxygens (including phenoxy) is 1. The molecule has 1 unspecified atom stereocenters. The van der Waals surface area contributed by atoms with Crippen molar-refractivity contribution >= 4 is 23.9 Å². The Morgan fingerprint density at radius 2 is 2.12 bits per heavy atom. The Morgan fingerprint density at radius 3 is 2.69 bits per heavy atom. The molecule has 2 rings (SSSR count). The zero-order valence-electron chi connectivity index (χ0n) is 9.64. The number of nitrogens with two attached hydrogens (primary N) is 1. The maximum atomic E-state index is 5.70. The van der Waals surface area contributed by atoms with Crippen LogP contribution in [0.3, 0.4) is 0 Å². The largest absolute Gasteiger partial charge is 0.489 e. The second-order valence-corrected chi connectivity index (χ2v) is 5.58. The third-order valence-corrected chi connectivity index (χ3v) is 2.53. The van der Waals surface area contributed by atoms with Crippen LogP contribution in [-0.4, -0.2) is 24.4 Å². The van der Waals surface area contributed by atoms with Crippen molar-refractivity contribution in [3.8, 4) is 11.5 Å². The van der Waals surface area contributed by atoms with Gasteiger partial charge in [0.25, 0.3) is 0 Å². The Labute approximate surface area is 100 Å². The minimum Gasteiger partial charge on any atom is -0.489 e. The van der Waals surface area contributed by atoms with E-state index in [-0.39, 0.29) is 9.90 Å². The SMILES string of the molecule is CP(C)Oc1cc(OC2CC2)cnc1N.P. The number of aromatic nitrogens is 1. The average molecular weight is 260 g/mol. The van der Waals surface area contributed by atoms with Gasteiger partial charge in [-0.15, -0.1) is 0 Å². The number of rotatable bonds is 4. The number of nitrogens with zero attached hydrogens (tertiary/aromatic N) is 1. The Morgan fingerprint density at radius 1 is 1.44 bits per heavy atom. The third-order valence-electron chi connectivity index (χ3n) is 1.96. The van der Waals surface area contributed by atoms with E-state index in [1.54, 1.807) is 6.20 Å². The van der Waals surface area contributed by atoms with Crippen LogP contribution in [0.4, 0.5) is 5.82 Å². The van der Waals surface area contributed by atoms with Gasteiger partial charge in [0.2, 0.25) is 0 Å². The molecule has 0 spiro atoms. The normalized spacial score (nSPS) is 14.4. The highest BCUT2D eigenvalue weighted by molar-refractivity contribution is 7.51. The van der Waals surface area contributed by atoms with E-state index in [0.717, 1.165) is 18.6 Å². The van der Waals surface area contributed by atoms with E-state index in [1.165, 1.54) is 0 Å². The van der Waals surface area contributed by atoms with Gasteiger partial charge in [-0.25, -0.2) is 4.98 Å². The van der Waals surface area contributed by atoms with Crippen LogP contribution in [0.15, 0.2) is 12.3 Å². The summed E-state index contributed by atoms with van der Waals surface area (Å²) in [5.41, 5.74) is 5.70. The van der Waals surface area contributed by atoms with Crippen molar-refractivity contribution < 1.29 is 9.26 Å². The summed E-state index contributed by atoms with van der Waals surface area (Å²) in [5, 5.41) is 0. The molecule has 0 amide bonds. The zero-order chi connectivity index (χ0) is 10.8. The number of nitrogen functional groups attached to an aromatic ring is 1. The first kappa shape index (κ1) is 13.5. The predicted molar refractivity (Wildman–Crippen MR) is 72.8 cm³/mol. The van der Waals surface area contributed by atoms with Crippen LogP contribution in [0, 0.1) is 0 Å². The minimum absolute atomic E-state index is 0. The molecule has 0 bridgehead atoms. The van der Waals surface area contributed by atoms with Crippen molar-refractivity contribution in [2.45, 2.75) is 18.9 Å². The highest BCUT2D eigenvalue weighted by Crippen LogP contribution is 2.36. The van der Waals surface area contributed by atoms with Crippen molar-refractivity contribution in [1.82, 2.24) is 4.98 Å². The Bertz CT molecular complexity index is 357. The van der Waals surface area contributed by atoms with Crippen molar-refractivity contribution in [3.63, 3.8) is 0 Å². The number of hydrogen-bond donors (Lipinski definition) is 1. The minimum atomic E-state index is -0.486. The van der Waals surface area contributed by atoms with Crippen LogP contribution in [-0.2, 0) is 0 Å². The molecule has 1 aromatic heterocycles. The lowest BCUT2D eigenvalue weighted by Crippen LogP contribution is -2.00. The molecule has 0 aliphatic heterocycles. The zero-order valence-corrected chi connectivity index (χ0v) is 12.0. The van der Waals surface area contributed by atoms with E-state index < -0.39 is 8.15 Å². The summed E-state index contributed by atoms with van der Waals surface area (Å²) in [6.45, 7) is 4.03. The predicted octanol–water partition coefficient (Wildman–Crippen LogP) is 2.30. The van der Waals surface area contributed by atoms with Crippen molar-refractivity contribution in [2.75, 3.05) is 19.1 Å². The lowest BCUT2D eigenvalue weighted by Gasteiger charge is -2.12. The van der Waals surface area contributed by atoms with Gasteiger partial charge in [0, 0.05) is 6.07 Å². The standard InChI is InChI=1S/C10H15N2O2P.H3P/c1-15(2)14-9-5-8(6-12-10(9)11)13-7-3-4-7;/h5-7H,3-4H2,1-2H3,(H2,11,12);1H3. The number of pyridine rings is 1. The maximum absolute atomic E-state index is 5.70. The molecular weight excluding hydrogens is 242 g/mol. The van der Waals surface area contributed by atoms with Gasteiger partial charge in [-0.2, -0.15) is 9.90 Å². The van der Waals surface area contributed by atoms with Gasteiger partial charge in [0.05, 0.1) is 20.4 Å². The number of anilines is 1. The summed E-state index contributed by atoms with van der Waals surface area (Å²) in [7, 11) is -0.486. The summed E-state index contributed by atoms with van der Waals surface area (Å²) < 4.78 is 11.2. The molecule has 4 nitrogen and oxygen atoms in total. The smallest absolute Gasteiger partial charge is 0.168 e. The Kier molecular flexibility index (Phi) is 4.76. The fourth-order valence-electron chi connectivity index (χ4n) is 1.15. The lowest BCUT2D eigenvalue weighted by molar-refractivity contribution is 0.301. The van der Waals surface area contributed by atoms with Gasteiger partial charge in [0.1, 0.15) is 5.75 Å². The molecule has 6 heteroatoms. The molecule has 0 radical (unpaired) electrons. The van der Waals surface area contributed by atoms with Crippen LogP contribution >= 0.6 is 18.0 Å². The molecule has 2 N–H and O–H groups in total. The van der Waals surface area contributed by atoms with Crippen molar-refractivity contribution in [2.24, 2.45) is 0 Å². The molecule has 0 saturated heterocycles. The van der Waals surface area contributed by atoms with Crippen LogP contribution in [0.25, 0.3) is 0 Å². The third kappa shape index (κ3) is 3.77. The maximum Gasteiger partial charge on any atom is 0.168 e. The first-order valence-corrected chi connectivity index (χ1v) is 7.08. The van der Waals surface area contributed by atoms with E-state index >= 15 is 0 Å². The lowest BCUT2D eigenvalue weighted by atomic mass is 10.4. The summed E-state index contributed by atoms with van der Waals surface area (Å²) in [5.74, 6) is 1.80. The molecule has 1 heterocycles. The molecule has 1 saturated carbocycles. The van der Waals surface area contributed by atoms with Gasteiger partial charge in [-0.3, -0.25) is 0 Å². The van der Waals surface area contributed by atoms with Crippen LogP contribution in [0.1, 0.15) is 12.8 Å². The first-order valence-electron chi connectivity index (χ1n) is 4.92. The van der Waals surface area contributed by atoms with Gasteiger partial charge >= 0.3 is 0 Å².